The molecule has 0 aromatic carbocycles. The van der Waals surface area contributed by atoms with E-state index in [1.807, 2.05) is 4.90 Å². The monoisotopic (exact) mass is 1260 g/mol. The van der Waals surface area contributed by atoms with E-state index in [1.165, 1.54) is 0 Å². The number of carbonyl (C=O) groups excluding carboxylic acids is 1. The van der Waals surface area contributed by atoms with Crippen LogP contribution in [0.25, 0.3) is 0 Å². The van der Waals surface area contributed by atoms with E-state index in [1.54, 1.807) is 107 Å². The Bertz CT molecular complexity index is 1000. The van der Waals surface area contributed by atoms with Gasteiger partial charge in [-0.1, -0.05) is 32.1 Å². The molecule has 0 aromatic heterocycles. The minimum absolute atomic E-state index is 0. The molecule has 23 heteroatoms. The molecule has 0 bridgehead atoms. The van der Waals surface area contributed by atoms with Gasteiger partial charge in [0.2, 0.25) is 5.91 Å². The zero-order valence-electron chi connectivity index (χ0n) is 43.0. The molecule has 0 aliphatic carbocycles. The van der Waals surface area contributed by atoms with Crippen molar-refractivity contribution in [2.75, 3.05) is 120 Å². The molecule has 64 heavy (non-hydrogen) atoms. The van der Waals surface area contributed by atoms with Gasteiger partial charge in [-0.25, -0.2) is 0 Å². The minimum atomic E-state index is -2.78. The predicted molar refractivity (Wildman–Crippen MR) is 255 cm³/mol. The number of rotatable bonds is 44. The van der Waals surface area contributed by atoms with Crippen molar-refractivity contribution in [3.63, 3.8) is 0 Å². The Labute approximate surface area is 389 Å². The third-order valence-electron chi connectivity index (χ3n) is 13.0. The summed E-state index contributed by atoms with van der Waals surface area (Å²) in [5, 5.41) is 0. The van der Waals surface area contributed by atoms with Gasteiger partial charge in [0.05, 0.1) is 0 Å². The van der Waals surface area contributed by atoms with E-state index in [2.05, 4.69) is 6.92 Å². The standard InChI is InChI=1S/C41H92NO16Si5.Rf/c1-17-42(40(43)39(28-18-23-33-59(44-2,45-3)46-4)29-19-24-34-60(47-5,48-6)49-7)38-41(30-20-25-35-61(50-8,51-9)52-10,31-21-26-36-62(53-11,54-12)55-13)32-22-27-37-63(56-14,57-15)58-16;/h39H,1,17-38H2,2-16H3;/q-1;. The molecule has 0 fully saturated rings. The molecule has 0 aliphatic heterocycles. The van der Waals surface area contributed by atoms with Crippen LogP contribution >= 0.6 is 0 Å². The fourth-order valence-electron chi connectivity index (χ4n) is 8.70. The average Bonchev–Trinajstić information content (AvgIpc) is 3.33. The number of amides is 1. The predicted octanol–water partition coefficient (Wildman–Crippen LogP) is 7.49. The zero-order chi connectivity index (χ0) is 47.9. The molecule has 0 aliphatic rings. The van der Waals surface area contributed by atoms with E-state index < -0.39 is 44.0 Å². The largest absolute Gasteiger partial charge is 0.500 e. The summed E-state index contributed by atoms with van der Waals surface area (Å²) in [7, 11) is 10.8. The topological polar surface area (TPSA) is 159 Å². The van der Waals surface area contributed by atoms with Crippen molar-refractivity contribution in [2.45, 2.75) is 127 Å². The van der Waals surface area contributed by atoms with Crippen molar-refractivity contribution in [3.05, 3.63) is 6.92 Å². The molecule has 0 aromatic rings. The second kappa shape index (κ2) is 35.1. The number of hydrogen-bond acceptors (Lipinski definition) is 16. The quantitative estimate of drug-likeness (QED) is 0.0335. The Balaban J connectivity index is 0. The molecule has 0 saturated carbocycles. The first-order valence-corrected chi connectivity index (χ1v) is 32.2. The van der Waals surface area contributed by atoms with Crippen molar-refractivity contribution >= 4 is 49.9 Å². The smallest absolute Gasteiger partial charge is 0.377 e. The molecule has 0 spiro atoms. The van der Waals surface area contributed by atoms with E-state index in [-0.39, 0.29) is 17.2 Å². The summed E-state index contributed by atoms with van der Waals surface area (Å²) in [5.74, 6) is -0.0717. The number of hydrogen-bond donors (Lipinski definition) is 0. The van der Waals surface area contributed by atoms with Gasteiger partial charge in [-0.3, -0.25) is 4.79 Å². The molecule has 380 valence electrons. The normalized spacial score (nSPS) is 13.2. The molecule has 0 saturated heterocycles. The van der Waals surface area contributed by atoms with Crippen LogP contribution in [0.15, 0.2) is 0 Å². The van der Waals surface area contributed by atoms with Gasteiger partial charge in [0, 0.05) is 149 Å². The van der Waals surface area contributed by atoms with Gasteiger partial charge >= 0.3 is 44.0 Å². The van der Waals surface area contributed by atoms with Crippen LogP contribution in [0.5, 0.6) is 0 Å². The zero-order valence-corrected chi connectivity index (χ0v) is 54.4. The molecular formula is C41H92NO16RfSi5-. The minimum Gasteiger partial charge on any atom is -0.377 e. The molecule has 0 atom stereocenters. The molecule has 0 heterocycles. The third kappa shape index (κ3) is 21.1. The van der Waals surface area contributed by atoms with Crippen LogP contribution < -0.4 is 0 Å². The maximum atomic E-state index is 15.0. The van der Waals surface area contributed by atoms with Crippen molar-refractivity contribution in [2.24, 2.45) is 11.3 Å². The molecule has 1 amide bonds. The van der Waals surface area contributed by atoms with E-state index in [9.17, 15) is 0 Å². The third-order valence-corrected chi connectivity index (χ3v) is 27.2. The van der Waals surface area contributed by atoms with Gasteiger partial charge in [0.25, 0.3) is 0 Å². The number of unbranched alkanes of at least 4 members (excludes halogenated alkanes) is 5. The SMILES string of the molecule is [CH2-]CN(CC(CCCC[Si](OC)(OC)OC)(CCCC[Si](OC)(OC)OC)CCCC[Si](OC)(OC)OC)C(=O)C(CCCC[Si](OC)(OC)OC)CCCC[Si](OC)(OC)OC.[Rf]. The molecule has 0 unspecified atom stereocenters. The first-order chi connectivity index (χ1) is 30.2. The van der Waals surface area contributed by atoms with Gasteiger partial charge in [-0.15, -0.1) is 6.54 Å². The summed E-state index contributed by atoms with van der Waals surface area (Å²) in [5.41, 5.74) is -0.231. The van der Waals surface area contributed by atoms with Gasteiger partial charge in [0.1, 0.15) is 0 Å². The second-order valence-corrected chi connectivity index (χ2v) is 31.5. The van der Waals surface area contributed by atoms with Crippen molar-refractivity contribution in [1.82, 2.24) is 4.90 Å². The summed E-state index contributed by atoms with van der Waals surface area (Å²) in [6, 6.07) is 3.42. The maximum Gasteiger partial charge on any atom is 0.500 e. The van der Waals surface area contributed by atoms with E-state index in [0.717, 1.165) is 96.3 Å². The average molecular weight is 1260 g/mol. The summed E-state index contributed by atoms with van der Waals surface area (Å²) in [4.78, 5) is 17.1. The summed E-state index contributed by atoms with van der Waals surface area (Å²) >= 11 is 0. The Morgan fingerprint density at radius 2 is 0.625 bits per heavy atom. The van der Waals surface area contributed by atoms with Crippen molar-refractivity contribution in [1.29, 1.82) is 0 Å². The summed E-state index contributed by atoms with van der Waals surface area (Å²) in [6.45, 7) is 5.30. The second-order valence-electron chi connectivity index (χ2n) is 16.0. The Hall–Kier alpha value is -1.05. The van der Waals surface area contributed by atoms with Crippen LogP contribution in [-0.4, -0.2) is 175 Å². The number of carbonyl (C=O) groups is 1. The van der Waals surface area contributed by atoms with Crippen LogP contribution in [0.4, 0.5) is 0 Å². The van der Waals surface area contributed by atoms with Gasteiger partial charge < -0.3 is 78.2 Å². The molecule has 17 nitrogen and oxygen atoms in total. The van der Waals surface area contributed by atoms with Gasteiger partial charge in [0.15, 0.2) is 0 Å². The van der Waals surface area contributed by atoms with E-state index in [0.29, 0.717) is 43.3 Å². The molecule has 0 radical (unpaired) electrons. The molecule has 0 N–H and O–H groups in total. The van der Waals surface area contributed by atoms with E-state index >= 15 is 4.79 Å². The summed E-state index contributed by atoms with van der Waals surface area (Å²) < 4.78 is 86.3. The van der Waals surface area contributed by atoms with Gasteiger partial charge in [-0.05, 0) is 69.6 Å². The van der Waals surface area contributed by atoms with Crippen LogP contribution in [0.2, 0.25) is 30.2 Å². The van der Waals surface area contributed by atoms with Crippen molar-refractivity contribution < 1.29 is 71.2 Å². The van der Waals surface area contributed by atoms with Gasteiger partial charge in [-0.2, -0.15) is 0 Å². The Kier molecular flexibility index (Phi) is 35.7. The fourth-order valence-corrected chi connectivity index (χ4v) is 17.7. The first kappa shape index (κ1) is 65.0. The number of nitrogens with zero attached hydrogens (tertiary/aromatic N) is 1. The van der Waals surface area contributed by atoms with Crippen LogP contribution in [0.1, 0.15) is 96.3 Å². The van der Waals surface area contributed by atoms with Crippen LogP contribution in [0.3, 0.4) is 0 Å². The Morgan fingerprint density at radius 3 is 0.828 bits per heavy atom. The first-order valence-electron chi connectivity index (χ1n) is 22.5. The fraction of sp³-hybridized carbons (Fsp3) is 0.951. The molecular weight excluding hydrogens is 1170 g/mol. The Morgan fingerprint density at radius 1 is 0.406 bits per heavy atom. The van der Waals surface area contributed by atoms with Crippen molar-refractivity contribution in [3.8, 4) is 0 Å². The van der Waals surface area contributed by atoms with Crippen LogP contribution in [-0.2, 0) is 71.2 Å². The van der Waals surface area contributed by atoms with Crippen LogP contribution in [0, 0.1) is 18.3 Å². The maximum absolute atomic E-state index is 15.0. The summed E-state index contributed by atoms with van der Waals surface area (Å²) in [6.07, 6.45) is 12.7. The molecule has 0 rings (SSSR count). The van der Waals surface area contributed by atoms with E-state index in [4.69, 9.17) is 66.4 Å².